The molecular weight excluding hydrogens is 212 g/mol. The molecule has 0 spiro atoms. The van der Waals surface area contributed by atoms with Crippen LogP contribution in [-0.2, 0) is 19.9 Å². The van der Waals surface area contributed by atoms with Gasteiger partial charge in [0.15, 0.2) is 0 Å². The van der Waals surface area contributed by atoms with E-state index in [0.717, 1.165) is 24.2 Å². The maximum absolute atomic E-state index is 6.14. The maximum atomic E-state index is 6.14. The molecule has 0 radical (unpaired) electrons. The van der Waals surface area contributed by atoms with Crippen LogP contribution < -0.4 is 5.73 Å². The molecule has 2 aromatic heterocycles. The summed E-state index contributed by atoms with van der Waals surface area (Å²) in [6.45, 7) is 2.12. The standard InChI is InChI=1S/C13H18N4/c1-3-10-4-5-11(16-7-10)6-12(14)13-8-15-9-17(13)2/h4-5,7-9,12H,3,6,14H2,1-2H3. The largest absolute Gasteiger partial charge is 0.336 e. The smallest absolute Gasteiger partial charge is 0.0946 e. The van der Waals surface area contributed by atoms with E-state index in [9.17, 15) is 0 Å². The number of imidazole rings is 1. The molecule has 0 aromatic carbocycles. The first kappa shape index (κ1) is 11.8. The first-order valence-corrected chi connectivity index (χ1v) is 5.86. The molecular formula is C13H18N4. The lowest BCUT2D eigenvalue weighted by molar-refractivity contribution is 0.646. The Morgan fingerprint density at radius 3 is 2.71 bits per heavy atom. The molecule has 2 heterocycles. The highest BCUT2D eigenvalue weighted by atomic mass is 15.0. The van der Waals surface area contributed by atoms with Gasteiger partial charge in [0.25, 0.3) is 0 Å². The van der Waals surface area contributed by atoms with Crippen LogP contribution in [0.4, 0.5) is 0 Å². The van der Waals surface area contributed by atoms with Crippen molar-refractivity contribution in [1.82, 2.24) is 14.5 Å². The van der Waals surface area contributed by atoms with Gasteiger partial charge in [-0.25, -0.2) is 4.98 Å². The van der Waals surface area contributed by atoms with E-state index < -0.39 is 0 Å². The van der Waals surface area contributed by atoms with Gasteiger partial charge in [0, 0.05) is 31.6 Å². The molecule has 0 fully saturated rings. The number of hydrogen-bond acceptors (Lipinski definition) is 3. The summed E-state index contributed by atoms with van der Waals surface area (Å²) in [7, 11) is 1.95. The number of aromatic nitrogens is 3. The lowest BCUT2D eigenvalue weighted by Gasteiger charge is -2.11. The van der Waals surface area contributed by atoms with E-state index in [2.05, 4.69) is 29.0 Å². The molecule has 1 unspecified atom stereocenters. The molecule has 0 bridgehead atoms. The number of aryl methyl sites for hydroxylation is 2. The average molecular weight is 230 g/mol. The van der Waals surface area contributed by atoms with Crippen LogP contribution in [0.25, 0.3) is 0 Å². The van der Waals surface area contributed by atoms with Crippen molar-refractivity contribution in [1.29, 1.82) is 0 Å². The summed E-state index contributed by atoms with van der Waals surface area (Å²) in [6, 6.07) is 4.11. The van der Waals surface area contributed by atoms with Gasteiger partial charge < -0.3 is 10.3 Å². The summed E-state index contributed by atoms with van der Waals surface area (Å²) >= 11 is 0. The fourth-order valence-corrected chi connectivity index (χ4v) is 1.84. The topological polar surface area (TPSA) is 56.7 Å². The van der Waals surface area contributed by atoms with Crippen LogP contribution in [0.5, 0.6) is 0 Å². The van der Waals surface area contributed by atoms with E-state index in [-0.39, 0.29) is 6.04 Å². The summed E-state index contributed by atoms with van der Waals surface area (Å²) < 4.78 is 1.95. The zero-order valence-corrected chi connectivity index (χ0v) is 10.3. The van der Waals surface area contributed by atoms with E-state index >= 15 is 0 Å². The third-order valence-electron chi connectivity index (χ3n) is 2.96. The number of nitrogens with zero attached hydrogens (tertiary/aromatic N) is 3. The normalized spacial score (nSPS) is 12.6. The lowest BCUT2D eigenvalue weighted by Crippen LogP contribution is -2.17. The monoisotopic (exact) mass is 230 g/mol. The Balaban J connectivity index is 2.07. The maximum Gasteiger partial charge on any atom is 0.0946 e. The Bertz CT molecular complexity index is 472. The molecule has 0 aliphatic carbocycles. The highest BCUT2D eigenvalue weighted by Crippen LogP contribution is 2.14. The summed E-state index contributed by atoms with van der Waals surface area (Å²) in [6.07, 6.45) is 7.25. The Morgan fingerprint density at radius 2 is 2.18 bits per heavy atom. The Morgan fingerprint density at radius 1 is 1.35 bits per heavy atom. The molecule has 1 atom stereocenters. The fraction of sp³-hybridized carbons (Fsp3) is 0.385. The zero-order chi connectivity index (χ0) is 12.3. The van der Waals surface area contributed by atoms with Gasteiger partial charge in [-0.2, -0.15) is 0 Å². The van der Waals surface area contributed by atoms with Gasteiger partial charge in [-0.1, -0.05) is 13.0 Å². The van der Waals surface area contributed by atoms with Crippen LogP contribution in [0.3, 0.4) is 0 Å². The summed E-state index contributed by atoms with van der Waals surface area (Å²) in [5, 5.41) is 0. The van der Waals surface area contributed by atoms with E-state index in [4.69, 9.17) is 5.73 Å². The van der Waals surface area contributed by atoms with Crippen LogP contribution in [0.2, 0.25) is 0 Å². The van der Waals surface area contributed by atoms with Gasteiger partial charge in [0.1, 0.15) is 0 Å². The van der Waals surface area contributed by atoms with E-state index in [1.54, 1.807) is 6.33 Å². The van der Waals surface area contributed by atoms with Crippen molar-refractivity contribution in [2.24, 2.45) is 12.8 Å². The van der Waals surface area contributed by atoms with Gasteiger partial charge in [0.2, 0.25) is 0 Å². The van der Waals surface area contributed by atoms with Gasteiger partial charge in [-0.3, -0.25) is 4.98 Å². The average Bonchev–Trinajstić information content (AvgIpc) is 2.76. The van der Waals surface area contributed by atoms with E-state index in [1.165, 1.54) is 5.56 Å². The summed E-state index contributed by atoms with van der Waals surface area (Å²) in [5.41, 5.74) is 9.45. The van der Waals surface area contributed by atoms with Crippen LogP contribution >= 0.6 is 0 Å². The van der Waals surface area contributed by atoms with Crippen LogP contribution in [0.15, 0.2) is 30.9 Å². The second-order valence-electron chi connectivity index (χ2n) is 4.25. The molecule has 4 nitrogen and oxygen atoms in total. The second-order valence-corrected chi connectivity index (χ2v) is 4.25. The highest BCUT2D eigenvalue weighted by Gasteiger charge is 2.11. The second kappa shape index (κ2) is 5.10. The van der Waals surface area contributed by atoms with Crippen molar-refractivity contribution in [3.05, 3.63) is 47.8 Å². The van der Waals surface area contributed by atoms with Gasteiger partial charge in [-0.15, -0.1) is 0 Å². The quantitative estimate of drug-likeness (QED) is 0.868. The van der Waals surface area contributed by atoms with Crippen molar-refractivity contribution in [3.8, 4) is 0 Å². The number of pyridine rings is 1. The fourth-order valence-electron chi connectivity index (χ4n) is 1.84. The van der Waals surface area contributed by atoms with Crippen molar-refractivity contribution in [2.45, 2.75) is 25.8 Å². The number of nitrogens with two attached hydrogens (primary N) is 1. The molecule has 4 heteroatoms. The third kappa shape index (κ3) is 2.71. The molecule has 2 N–H and O–H groups in total. The molecule has 2 aromatic rings. The first-order valence-electron chi connectivity index (χ1n) is 5.86. The molecule has 0 amide bonds. The third-order valence-corrected chi connectivity index (χ3v) is 2.96. The zero-order valence-electron chi connectivity index (χ0n) is 10.3. The van der Waals surface area contributed by atoms with Gasteiger partial charge >= 0.3 is 0 Å². The molecule has 0 aliphatic heterocycles. The molecule has 90 valence electrons. The minimum Gasteiger partial charge on any atom is -0.336 e. The van der Waals surface area contributed by atoms with Crippen molar-refractivity contribution >= 4 is 0 Å². The minimum atomic E-state index is -0.0533. The van der Waals surface area contributed by atoms with E-state index in [1.807, 2.05) is 24.0 Å². The summed E-state index contributed by atoms with van der Waals surface area (Å²) in [4.78, 5) is 8.49. The number of hydrogen-bond donors (Lipinski definition) is 1. The highest BCUT2D eigenvalue weighted by molar-refractivity contribution is 5.16. The lowest BCUT2D eigenvalue weighted by atomic mass is 10.1. The molecule has 2 rings (SSSR count). The number of rotatable bonds is 4. The van der Waals surface area contributed by atoms with Crippen molar-refractivity contribution < 1.29 is 0 Å². The predicted octanol–water partition coefficient (Wildman–Crippen LogP) is 1.62. The predicted molar refractivity (Wildman–Crippen MR) is 67.5 cm³/mol. The van der Waals surface area contributed by atoms with Gasteiger partial charge in [0.05, 0.1) is 18.1 Å². The van der Waals surface area contributed by atoms with E-state index in [0.29, 0.717) is 0 Å². The molecule has 17 heavy (non-hydrogen) atoms. The Labute approximate surface area is 102 Å². The molecule has 0 aliphatic rings. The van der Waals surface area contributed by atoms with Crippen molar-refractivity contribution in [2.75, 3.05) is 0 Å². The van der Waals surface area contributed by atoms with Gasteiger partial charge in [-0.05, 0) is 18.1 Å². The summed E-state index contributed by atoms with van der Waals surface area (Å²) in [5.74, 6) is 0. The molecule has 0 saturated carbocycles. The van der Waals surface area contributed by atoms with Crippen LogP contribution in [0, 0.1) is 0 Å². The first-order chi connectivity index (χ1) is 8.20. The Kier molecular flexibility index (Phi) is 3.54. The van der Waals surface area contributed by atoms with Crippen LogP contribution in [0.1, 0.15) is 29.9 Å². The minimum absolute atomic E-state index is 0.0533. The van der Waals surface area contributed by atoms with Crippen LogP contribution in [-0.4, -0.2) is 14.5 Å². The SMILES string of the molecule is CCc1ccc(CC(N)c2cncn2C)nc1. The Hall–Kier alpha value is -1.68. The molecule has 0 saturated heterocycles. The van der Waals surface area contributed by atoms with Crippen molar-refractivity contribution in [3.63, 3.8) is 0 Å².